The van der Waals surface area contributed by atoms with Crippen LogP contribution in [0.1, 0.15) is 29.5 Å². The average Bonchev–Trinajstić information content (AvgIpc) is 3.43. The lowest BCUT2D eigenvalue weighted by Gasteiger charge is -2.24. The predicted molar refractivity (Wildman–Crippen MR) is 123 cm³/mol. The molecule has 6 nitrogen and oxygen atoms in total. The molecule has 1 aliphatic rings. The standard InChI is InChI=1S/C24H28N4O2S/c1-3-11-27-13-14-28(24(30)22-25-10-12-26(22)2)17-20(23(27)29)16-18-6-8-19(9-7-18)21-5-4-15-31-21/h4-10,12,15,20H,3,11,13-14,16-17H2,1-2H3/t20-/m1/s1. The van der Waals surface area contributed by atoms with Crippen LogP contribution in [-0.4, -0.2) is 57.3 Å². The van der Waals surface area contributed by atoms with Gasteiger partial charge >= 0.3 is 0 Å². The fraction of sp³-hybridized carbons (Fsp3) is 0.375. The van der Waals surface area contributed by atoms with E-state index in [1.807, 2.05) is 18.0 Å². The quantitative estimate of drug-likeness (QED) is 0.592. The molecule has 2 aromatic heterocycles. The largest absolute Gasteiger partial charge is 0.341 e. The van der Waals surface area contributed by atoms with Gasteiger partial charge in [0.2, 0.25) is 5.91 Å². The van der Waals surface area contributed by atoms with E-state index in [4.69, 9.17) is 0 Å². The molecule has 0 radical (unpaired) electrons. The van der Waals surface area contributed by atoms with E-state index in [9.17, 15) is 9.59 Å². The summed E-state index contributed by atoms with van der Waals surface area (Å²) in [5.41, 5.74) is 2.30. The molecule has 2 amide bonds. The molecule has 1 fully saturated rings. The maximum Gasteiger partial charge on any atom is 0.289 e. The number of hydrogen-bond donors (Lipinski definition) is 0. The summed E-state index contributed by atoms with van der Waals surface area (Å²) in [6.07, 6.45) is 4.92. The Labute approximate surface area is 187 Å². The summed E-state index contributed by atoms with van der Waals surface area (Å²) in [6.45, 7) is 4.31. The van der Waals surface area contributed by atoms with E-state index in [2.05, 4.69) is 47.6 Å². The molecule has 1 aliphatic heterocycles. The van der Waals surface area contributed by atoms with E-state index < -0.39 is 0 Å². The van der Waals surface area contributed by atoms with Crippen LogP contribution in [0.25, 0.3) is 10.4 Å². The maximum absolute atomic E-state index is 13.3. The van der Waals surface area contributed by atoms with Crippen molar-refractivity contribution in [3.63, 3.8) is 0 Å². The minimum atomic E-state index is -0.258. The van der Waals surface area contributed by atoms with Crippen LogP contribution in [0.2, 0.25) is 0 Å². The van der Waals surface area contributed by atoms with Crippen molar-refractivity contribution in [2.45, 2.75) is 19.8 Å². The monoisotopic (exact) mass is 436 g/mol. The summed E-state index contributed by atoms with van der Waals surface area (Å²) in [5, 5.41) is 2.07. The number of aromatic nitrogens is 2. The molecule has 0 unspecified atom stereocenters. The average molecular weight is 437 g/mol. The van der Waals surface area contributed by atoms with Crippen molar-refractivity contribution in [1.29, 1.82) is 0 Å². The molecule has 31 heavy (non-hydrogen) atoms. The Morgan fingerprint density at radius 3 is 2.65 bits per heavy atom. The number of benzene rings is 1. The molecule has 0 aliphatic carbocycles. The van der Waals surface area contributed by atoms with Gasteiger partial charge in [-0.05, 0) is 35.4 Å². The normalized spacial score (nSPS) is 17.1. The van der Waals surface area contributed by atoms with Gasteiger partial charge in [0.05, 0.1) is 5.92 Å². The first-order valence-electron chi connectivity index (χ1n) is 10.7. The van der Waals surface area contributed by atoms with E-state index in [-0.39, 0.29) is 17.7 Å². The molecule has 0 bridgehead atoms. The zero-order chi connectivity index (χ0) is 21.8. The second-order valence-corrected chi connectivity index (χ2v) is 8.96. The third-order valence-electron chi connectivity index (χ3n) is 5.78. The van der Waals surface area contributed by atoms with Crippen molar-refractivity contribution in [3.8, 4) is 10.4 Å². The Kier molecular flexibility index (Phi) is 6.51. The Morgan fingerprint density at radius 1 is 1.19 bits per heavy atom. The van der Waals surface area contributed by atoms with Gasteiger partial charge in [-0.3, -0.25) is 9.59 Å². The first kappa shape index (κ1) is 21.3. The fourth-order valence-electron chi connectivity index (χ4n) is 4.12. The number of imidazole rings is 1. The number of thiophene rings is 1. The third-order valence-corrected chi connectivity index (χ3v) is 6.70. The predicted octanol–water partition coefficient (Wildman–Crippen LogP) is 3.70. The number of nitrogens with zero attached hydrogens (tertiary/aromatic N) is 4. The summed E-state index contributed by atoms with van der Waals surface area (Å²) in [7, 11) is 1.82. The highest BCUT2D eigenvalue weighted by atomic mass is 32.1. The van der Waals surface area contributed by atoms with Crippen molar-refractivity contribution in [3.05, 3.63) is 65.6 Å². The molecule has 3 aromatic rings. The van der Waals surface area contributed by atoms with Gasteiger partial charge < -0.3 is 14.4 Å². The van der Waals surface area contributed by atoms with Gasteiger partial charge in [-0.1, -0.05) is 37.3 Å². The minimum absolute atomic E-state index is 0.114. The number of hydrogen-bond acceptors (Lipinski definition) is 4. The molecule has 4 rings (SSSR count). The molecule has 3 heterocycles. The van der Waals surface area contributed by atoms with Crippen molar-refractivity contribution in [1.82, 2.24) is 19.4 Å². The van der Waals surface area contributed by atoms with Crippen LogP contribution in [0.4, 0.5) is 0 Å². The summed E-state index contributed by atoms with van der Waals surface area (Å²) >= 11 is 1.72. The van der Waals surface area contributed by atoms with Crippen molar-refractivity contribution in [2.75, 3.05) is 26.2 Å². The molecular weight excluding hydrogens is 408 g/mol. The zero-order valence-electron chi connectivity index (χ0n) is 18.0. The Morgan fingerprint density at radius 2 is 2.00 bits per heavy atom. The second-order valence-electron chi connectivity index (χ2n) is 8.01. The van der Waals surface area contributed by atoms with Crippen LogP contribution < -0.4 is 0 Å². The first-order valence-corrected chi connectivity index (χ1v) is 11.6. The summed E-state index contributed by atoms with van der Waals surface area (Å²) in [5.74, 6) is 0.178. The Balaban J connectivity index is 1.54. The van der Waals surface area contributed by atoms with Gasteiger partial charge in [-0.15, -0.1) is 11.3 Å². The summed E-state index contributed by atoms with van der Waals surface area (Å²) < 4.78 is 1.73. The van der Waals surface area contributed by atoms with Crippen LogP contribution in [0.15, 0.2) is 54.2 Å². The number of carbonyl (C=O) groups excluding carboxylic acids is 2. The smallest absolute Gasteiger partial charge is 0.289 e. The van der Waals surface area contributed by atoms with Gasteiger partial charge in [0, 0.05) is 50.5 Å². The molecule has 1 aromatic carbocycles. The molecule has 0 N–H and O–H groups in total. The molecule has 1 atom stereocenters. The van der Waals surface area contributed by atoms with E-state index >= 15 is 0 Å². The van der Waals surface area contributed by atoms with Gasteiger partial charge in [-0.25, -0.2) is 4.98 Å². The highest BCUT2D eigenvalue weighted by Gasteiger charge is 2.33. The molecular formula is C24H28N4O2S. The lowest BCUT2D eigenvalue weighted by molar-refractivity contribution is -0.134. The third kappa shape index (κ3) is 4.71. The zero-order valence-corrected chi connectivity index (χ0v) is 18.8. The van der Waals surface area contributed by atoms with E-state index in [1.54, 1.807) is 33.2 Å². The van der Waals surface area contributed by atoms with Crippen molar-refractivity contribution < 1.29 is 9.59 Å². The molecule has 0 spiro atoms. The van der Waals surface area contributed by atoms with E-state index in [0.717, 1.165) is 18.5 Å². The number of aryl methyl sites for hydroxylation is 1. The van der Waals surface area contributed by atoms with Crippen LogP contribution in [0.5, 0.6) is 0 Å². The van der Waals surface area contributed by atoms with Crippen LogP contribution in [0.3, 0.4) is 0 Å². The molecule has 1 saturated heterocycles. The van der Waals surface area contributed by atoms with Gasteiger partial charge in [0.15, 0.2) is 5.82 Å². The first-order chi connectivity index (χ1) is 15.1. The lowest BCUT2D eigenvalue weighted by Crippen LogP contribution is -2.38. The van der Waals surface area contributed by atoms with Gasteiger partial charge in [-0.2, -0.15) is 0 Å². The SMILES string of the molecule is CCCN1CCN(C(=O)c2nccn2C)C[C@@H](Cc2ccc(-c3cccs3)cc2)C1=O. The highest BCUT2D eigenvalue weighted by Crippen LogP contribution is 2.26. The Hall–Kier alpha value is -2.93. The second kappa shape index (κ2) is 9.47. The van der Waals surface area contributed by atoms with Crippen LogP contribution in [-0.2, 0) is 18.3 Å². The van der Waals surface area contributed by atoms with E-state index in [0.29, 0.717) is 31.9 Å². The number of carbonyl (C=O) groups is 2. The highest BCUT2D eigenvalue weighted by molar-refractivity contribution is 7.13. The van der Waals surface area contributed by atoms with Gasteiger partial charge in [0.1, 0.15) is 0 Å². The topological polar surface area (TPSA) is 58.4 Å². The lowest BCUT2D eigenvalue weighted by atomic mass is 9.96. The minimum Gasteiger partial charge on any atom is -0.341 e. The van der Waals surface area contributed by atoms with Crippen molar-refractivity contribution in [2.24, 2.45) is 13.0 Å². The molecule has 7 heteroatoms. The van der Waals surface area contributed by atoms with E-state index in [1.165, 1.54) is 10.4 Å². The van der Waals surface area contributed by atoms with Gasteiger partial charge in [0.25, 0.3) is 5.91 Å². The molecule has 0 saturated carbocycles. The number of amides is 2. The summed E-state index contributed by atoms with van der Waals surface area (Å²) in [4.78, 5) is 35.5. The van der Waals surface area contributed by atoms with Crippen LogP contribution >= 0.6 is 11.3 Å². The fourth-order valence-corrected chi connectivity index (χ4v) is 4.85. The molecule has 162 valence electrons. The number of rotatable bonds is 6. The van der Waals surface area contributed by atoms with Crippen LogP contribution in [0, 0.1) is 5.92 Å². The Bertz CT molecular complexity index is 1030. The maximum atomic E-state index is 13.3. The van der Waals surface area contributed by atoms with Crippen molar-refractivity contribution >= 4 is 23.2 Å². The summed E-state index contributed by atoms with van der Waals surface area (Å²) in [6, 6.07) is 12.6.